The molecule has 180 valence electrons. The SMILES string of the molecule is CC/C(=C\c1ccccc1)C1CC1NC1CCC(NCc2cnc(C(=O)O)nc2)CC1.Cl.Cl. The number of nitrogens with zero attached hydrogens (tertiary/aromatic N) is 2. The molecule has 33 heavy (non-hydrogen) atoms. The van der Waals surface area contributed by atoms with Crippen LogP contribution in [-0.4, -0.2) is 39.2 Å². The lowest BCUT2D eigenvalue weighted by atomic mass is 9.91. The second kappa shape index (κ2) is 13.0. The monoisotopic (exact) mass is 492 g/mol. The van der Waals surface area contributed by atoms with Crippen LogP contribution >= 0.6 is 24.8 Å². The molecule has 8 heteroatoms. The number of halogens is 2. The van der Waals surface area contributed by atoms with Crippen molar-refractivity contribution in [3.8, 4) is 0 Å². The minimum atomic E-state index is -1.09. The van der Waals surface area contributed by atoms with Crippen LogP contribution in [0.5, 0.6) is 0 Å². The van der Waals surface area contributed by atoms with Gasteiger partial charge in [-0.3, -0.25) is 0 Å². The van der Waals surface area contributed by atoms with Gasteiger partial charge in [-0.2, -0.15) is 0 Å². The van der Waals surface area contributed by atoms with Crippen LogP contribution in [-0.2, 0) is 6.54 Å². The van der Waals surface area contributed by atoms with Crippen molar-refractivity contribution in [1.29, 1.82) is 0 Å². The topological polar surface area (TPSA) is 87.1 Å². The van der Waals surface area contributed by atoms with E-state index in [4.69, 9.17) is 5.11 Å². The van der Waals surface area contributed by atoms with Crippen molar-refractivity contribution >= 4 is 36.9 Å². The molecule has 0 aliphatic heterocycles. The molecule has 0 radical (unpaired) electrons. The molecule has 2 aliphatic carbocycles. The highest BCUT2D eigenvalue weighted by Crippen LogP contribution is 2.40. The Morgan fingerprint density at radius 3 is 2.30 bits per heavy atom. The Kier molecular flexibility index (Phi) is 10.8. The maximum absolute atomic E-state index is 10.8. The van der Waals surface area contributed by atoms with Crippen LogP contribution in [0.15, 0.2) is 48.3 Å². The van der Waals surface area contributed by atoms with Gasteiger partial charge >= 0.3 is 5.97 Å². The van der Waals surface area contributed by atoms with Crippen molar-refractivity contribution in [3.63, 3.8) is 0 Å². The number of aromatic carboxylic acids is 1. The lowest BCUT2D eigenvalue weighted by Crippen LogP contribution is -2.40. The van der Waals surface area contributed by atoms with Crippen LogP contribution in [0.1, 0.15) is 67.2 Å². The minimum absolute atomic E-state index is 0. The molecule has 1 aromatic carbocycles. The molecule has 2 aliphatic rings. The predicted octanol–water partition coefficient (Wildman–Crippen LogP) is 4.89. The molecule has 0 bridgehead atoms. The molecule has 0 amide bonds. The number of rotatable bonds is 9. The van der Waals surface area contributed by atoms with Crippen LogP contribution < -0.4 is 10.6 Å². The minimum Gasteiger partial charge on any atom is -0.475 e. The highest BCUT2D eigenvalue weighted by Gasteiger charge is 2.40. The molecular weight excluding hydrogens is 459 g/mol. The molecule has 2 atom stereocenters. The number of benzene rings is 1. The second-order valence-corrected chi connectivity index (χ2v) is 8.75. The standard InChI is InChI=1S/C25H32N4O2.2ClH/c1-2-19(12-17-6-4-3-5-7-17)22-13-23(22)29-21-10-8-20(9-11-21)26-14-18-15-27-24(25(30)31)28-16-18;;/h3-7,12,15-16,20-23,26,29H,2,8-11,13-14H2,1H3,(H,30,31);2*1H/b19-12+;;. The number of hydrogen-bond donors (Lipinski definition) is 3. The Hall–Kier alpha value is -1.99. The van der Waals surface area contributed by atoms with Crippen LogP contribution in [0.2, 0.25) is 0 Å². The number of aromatic nitrogens is 2. The van der Waals surface area contributed by atoms with E-state index in [9.17, 15) is 4.79 Å². The van der Waals surface area contributed by atoms with Gasteiger partial charge in [0.15, 0.2) is 0 Å². The van der Waals surface area contributed by atoms with Crippen molar-refractivity contribution in [2.24, 2.45) is 5.92 Å². The molecule has 6 nitrogen and oxygen atoms in total. The van der Waals surface area contributed by atoms with E-state index < -0.39 is 5.97 Å². The van der Waals surface area contributed by atoms with Crippen LogP contribution in [0, 0.1) is 5.92 Å². The van der Waals surface area contributed by atoms with Crippen molar-refractivity contribution < 1.29 is 9.90 Å². The molecule has 3 N–H and O–H groups in total. The van der Waals surface area contributed by atoms with Gasteiger partial charge in [0.25, 0.3) is 0 Å². The number of carboxylic acid groups (broad SMARTS) is 1. The van der Waals surface area contributed by atoms with E-state index in [2.05, 4.69) is 63.9 Å². The molecule has 1 heterocycles. The third-order valence-electron chi connectivity index (χ3n) is 6.50. The third-order valence-corrected chi connectivity index (χ3v) is 6.50. The third kappa shape index (κ3) is 7.78. The van der Waals surface area contributed by atoms with E-state index in [1.165, 1.54) is 24.8 Å². The normalized spacial score (nSPS) is 24.3. The Morgan fingerprint density at radius 2 is 1.70 bits per heavy atom. The van der Waals surface area contributed by atoms with E-state index in [1.54, 1.807) is 18.0 Å². The molecular formula is C25H34Cl2N4O2. The lowest BCUT2D eigenvalue weighted by molar-refractivity contribution is 0.0683. The first kappa shape index (κ1) is 27.3. The average molecular weight is 493 g/mol. The fourth-order valence-corrected chi connectivity index (χ4v) is 4.61. The maximum Gasteiger partial charge on any atom is 0.373 e. The van der Waals surface area contributed by atoms with Crippen LogP contribution in [0.25, 0.3) is 6.08 Å². The quantitative estimate of drug-likeness (QED) is 0.461. The Bertz CT molecular complexity index is 900. The summed E-state index contributed by atoms with van der Waals surface area (Å²) in [5.74, 6) is -0.557. The summed E-state index contributed by atoms with van der Waals surface area (Å²) in [5, 5.41) is 16.4. The molecule has 1 aromatic heterocycles. The van der Waals surface area contributed by atoms with Gasteiger partial charge < -0.3 is 15.7 Å². The van der Waals surface area contributed by atoms with Crippen molar-refractivity contribution in [2.45, 2.75) is 70.1 Å². The van der Waals surface area contributed by atoms with Gasteiger partial charge in [0, 0.05) is 42.6 Å². The van der Waals surface area contributed by atoms with Crippen molar-refractivity contribution in [2.75, 3.05) is 0 Å². The smallest absolute Gasteiger partial charge is 0.373 e. The van der Waals surface area contributed by atoms with E-state index in [0.717, 1.165) is 24.8 Å². The van der Waals surface area contributed by atoms with Crippen molar-refractivity contribution in [1.82, 2.24) is 20.6 Å². The first-order chi connectivity index (χ1) is 15.1. The fraction of sp³-hybridized carbons (Fsp3) is 0.480. The molecule has 2 saturated carbocycles. The molecule has 2 unspecified atom stereocenters. The van der Waals surface area contributed by atoms with E-state index in [0.29, 0.717) is 30.6 Å². The van der Waals surface area contributed by atoms with Gasteiger partial charge in [0.2, 0.25) is 5.82 Å². The number of nitrogens with one attached hydrogen (secondary N) is 2. The Balaban J connectivity index is 0.00000193. The summed E-state index contributed by atoms with van der Waals surface area (Å²) in [4.78, 5) is 18.6. The number of carbonyl (C=O) groups is 1. The average Bonchev–Trinajstić information content (AvgIpc) is 3.56. The summed E-state index contributed by atoms with van der Waals surface area (Å²) in [6, 6.07) is 12.4. The first-order valence-electron chi connectivity index (χ1n) is 11.4. The van der Waals surface area contributed by atoms with Crippen LogP contribution in [0.3, 0.4) is 0 Å². The highest BCUT2D eigenvalue weighted by atomic mass is 35.5. The zero-order valence-electron chi connectivity index (χ0n) is 18.9. The largest absolute Gasteiger partial charge is 0.475 e. The molecule has 0 saturated heterocycles. The van der Waals surface area contributed by atoms with Gasteiger partial charge in [0.1, 0.15) is 0 Å². The fourth-order valence-electron chi connectivity index (χ4n) is 4.61. The van der Waals surface area contributed by atoms with E-state index in [1.807, 2.05) is 0 Å². The Morgan fingerprint density at radius 1 is 1.06 bits per heavy atom. The summed E-state index contributed by atoms with van der Waals surface area (Å²) in [6.45, 7) is 2.94. The molecule has 2 aromatic rings. The first-order valence-corrected chi connectivity index (χ1v) is 11.4. The summed E-state index contributed by atoms with van der Waals surface area (Å²) in [6.07, 6.45) is 12.6. The van der Waals surface area contributed by atoms with Gasteiger partial charge in [-0.25, -0.2) is 14.8 Å². The zero-order valence-corrected chi connectivity index (χ0v) is 20.6. The Labute approximate surface area is 208 Å². The molecule has 4 rings (SSSR count). The van der Waals surface area contributed by atoms with E-state index in [-0.39, 0.29) is 30.6 Å². The highest BCUT2D eigenvalue weighted by molar-refractivity contribution is 5.85. The summed E-state index contributed by atoms with van der Waals surface area (Å²) < 4.78 is 0. The number of carboxylic acids is 1. The molecule has 2 fully saturated rings. The van der Waals surface area contributed by atoms with Gasteiger partial charge in [-0.15, -0.1) is 24.8 Å². The van der Waals surface area contributed by atoms with Gasteiger partial charge in [-0.1, -0.05) is 48.9 Å². The van der Waals surface area contributed by atoms with Gasteiger partial charge in [-0.05, 0) is 50.0 Å². The molecule has 0 spiro atoms. The zero-order chi connectivity index (χ0) is 21.6. The van der Waals surface area contributed by atoms with Gasteiger partial charge in [0.05, 0.1) is 0 Å². The predicted molar refractivity (Wildman–Crippen MR) is 136 cm³/mol. The summed E-state index contributed by atoms with van der Waals surface area (Å²) >= 11 is 0. The summed E-state index contributed by atoms with van der Waals surface area (Å²) in [5.41, 5.74) is 3.79. The van der Waals surface area contributed by atoms with Crippen molar-refractivity contribution in [3.05, 3.63) is 65.2 Å². The number of hydrogen-bond acceptors (Lipinski definition) is 5. The van der Waals surface area contributed by atoms with Crippen LogP contribution in [0.4, 0.5) is 0 Å². The summed E-state index contributed by atoms with van der Waals surface area (Å²) in [7, 11) is 0. The van der Waals surface area contributed by atoms with E-state index >= 15 is 0 Å². The second-order valence-electron chi connectivity index (χ2n) is 8.75. The lowest BCUT2D eigenvalue weighted by Gasteiger charge is -2.30. The maximum atomic E-state index is 10.8.